The summed E-state index contributed by atoms with van der Waals surface area (Å²) in [5.41, 5.74) is 6.86. The van der Waals surface area contributed by atoms with Crippen LogP contribution in [0.3, 0.4) is 0 Å². The van der Waals surface area contributed by atoms with Gasteiger partial charge in [-0.05, 0) is 24.1 Å². The fourth-order valence-corrected chi connectivity index (χ4v) is 3.25. The van der Waals surface area contributed by atoms with Gasteiger partial charge in [0.2, 0.25) is 5.91 Å². The number of nitrogens with two attached hydrogens (primary N) is 1. The van der Waals surface area contributed by atoms with Crippen LogP contribution in [-0.4, -0.2) is 59.6 Å². The number of thioether (sulfide) groups is 1. The zero-order valence-electron chi connectivity index (χ0n) is 12.1. The molecule has 1 aliphatic rings. The molecule has 0 spiro atoms. The molecule has 2 rings (SSSR count). The molecule has 0 saturated carbocycles. The van der Waals surface area contributed by atoms with E-state index >= 15 is 0 Å². The molecule has 1 heterocycles. The van der Waals surface area contributed by atoms with Gasteiger partial charge in [0.25, 0.3) is 0 Å². The van der Waals surface area contributed by atoms with Crippen LogP contribution in [0.4, 0.5) is 0 Å². The number of phenols is 1. The third kappa shape index (κ3) is 5.57. The maximum absolute atomic E-state index is 11.9. The Balaban J connectivity index is 1.68. The molecule has 1 aromatic carbocycles. The lowest BCUT2D eigenvalue weighted by Crippen LogP contribution is -2.45. The number of aromatic hydroxyl groups is 1. The van der Waals surface area contributed by atoms with Crippen molar-refractivity contribution in [1.82, 2.24) is 10.2 Å². The van der Waals surface area contributed by atoms with Crippen molar-refractivity contribution in [3.8, 4) is 5.75 Å². The van der Waals surface area contributed by atoms with E-state index in [9.17, 15) is 9.90 Å². The first-order valence-corrected chi connectivity index (χ1v) is 8.42. The van der Waals surface area contributed by atoms with Gasteiger partial charge >= 0.3 is 0 Å². The number of rotatable bonds is 6. The van der Waals surface area contributed by atoms with Crippen LogP contribution in [0.5, 0.6) is 5.75 Å². The van der Waals surface area contributed by atoms with Gasteiger partial charge in [0, 0.05) is 37.7 Å². The average Bonchev–Trinajstić information content (AvgIpc) is 2.50. The smallest absolute Gasteiger partial charge is 0.237 e. The van der Waals surface area contributed by atoms with Gasteiger partial charge in [-0.25, -0.2) is 0 Å². The SMILES string of the molecule is N[C@@H](Cc1ccc(O)cc1)C(=O)NCCN1CCSCC1. The van der Waals surface area contributed by atoms with Crippen molar-refractivity contribution in [2.24, 2.45) is 5.73 Å². The van der Waals surface area contributed by atoms with Gasteiger partial charge in [0.05, 0.1) is 6.04 Å². The van der Waals surface area contributed by atoms with E-state index in [1.165, 1.54) is 11.5 Å². The van der Waals surface area contributed by atoms with Gasteiger partial charge in [0.1, 0.15) is 5.75 Å². The maximum Gasteiger partial charge on any atom is 0.237 e. The molecule has 0 unspecified atom stereocenters. The van der Waals surface area contributed by atoms with E-state index in [4.69, 9.17) is 5.73 Å². The van der Waals surface area contributed by atoms with E-state index in [-0.39, 0.29) is 11.7 Å². The maximum atomic E-state index is 11.9. The third-order valence-electron chi connectivity index (χ3n) is 3.56. The first-order chi connectivity index (χ1) is 10.1. The second-order valence-corrected chi connectivity index (χ2v) is 6.45. The highest BCUT2D eigenvalue weighted by molar-refractivity contribution is 7.99. The number of amides is 1. The molecule has 1 saturated heterocycles. The first-order valence-electron chi connectivity index (χ1n) is 7.26. The number of hydrogen-bond acceptors (Lipinski definition) is 5. The van der Waals surface area contributed by atoms with Gasteiger partial charge in [-0.15, -0.1) is 0 Å². The molecule has 5 nitrogen and oxygen atoms in total. The lowest BCUT2D eigenvalue weighted by Gasteiger charge is -2.26. The zero-order valence-corrected chi connectivity index (χ0v) is 12.9. The third-order valence-corrected chi connectivity index (χ3v) is 4.50. The molecule has 1 fully saturated rings. The fourth-order valence-electron chi connectivity index (χ4n) is 2.27. The van der Waals surface area contributed by atoms with E-state index in [1.54, 1.807) is 24.3 Å². The number of carbonyl (C=O) groups excluding carboxylic acids is 1. The molecule has 0 radical (unpaired) electrons. The number of nitrogens with zero attached hydrogens (tertiary/aromatic N) is 1. The minimum Gasteiger partial charge on any atom is -0.508 e. The number of phenolic OH excluding ortho intramolecular Hbond substituents is 1. The summed E-state index contributed by atoms with van der Waals surface area (Å²) in [6, 6.07) is 6.23. The first kappa shape index (κ1) is 16.1. The quantitative estimate of drug-likeness (QED) is 0.710. The molecule has 1 amide bonds. The average molecular weight is 309 g/mol. The van der Waals surface area contributed by atoms with Gasteiger partial charge < -0.3 is 16.2 Å². The van der Waals surface area contributed by atoms with Crippen LogP contribution in [-0.2, 0) is 11.2 Å². The molecule has 116 valence electrons. The molecule has 21 heavy (non-hydrogen) atoms. The Bertz CT molecular complexity index is 447. The summed E-state index contributed by atoms with van der Waals surface area (Å²) in [5, 5.41) is 12.1. The van der Waals surface area contributed by atoms with Crippen LogP contribution in [0.15, 0.2) is 24.3 Å². The zero-order chi connectivity index (χ0) is 15.1. The Morgan fingerprint density at radius 1 is 1.33 bits per heavy atom. The molecule has 1 atom stereocenters. The highest BCUT2D eigenvalue weighted by Gasteiger charge is 2.15. The van der Waals surface area contributed by atoms with Gasteiger partial charge in [-0.1, -0.05) is 12.1 Å². The van der Waals surface area contributed by atoms with Crippen molar-refractivity contribution in [2.75, 3.05) is 37.7 Å². The largest absolute Gasteiger partial charge is 0.508 e. The van der Waals surface area contributed by atoms with E-state index in [0.717, 1.165) is 25.2 Å². The minimum absolute atomic E-state index is 0.116. The molecular formula is C15H23N3O2S. The number of benzene rings is 1. The van der Waals surface area contributed by atoms with Crippen LogP contribution in [0.25, 0.3) is 0 Å². The Kier molecular flexibility index (Phi) is 6.35. The molecule has 0 bridgehead atoms. The number of nitrogens with one attached hydrogen (secondary N) is 1. The number of carbonyl (C=O) groups is 1. The van der Waals surface area contributed by atoms with Gasteiger partial charge in [0.15, 0.2) is 0 Å². The topological polar surface area (TPSA) is 78.6 Å². The highest BCUT2D eigenvalue weighted by atomic mass is 32.2. The summed E-state index contributed by atoms with van der Waals surface area (Å²) in [4.78, 5) is 14.3. The van der Waals surface area contributed by atoms with Crippen molar-refractivity contribution in [3.63, 3.8) is 0 Å². The van der Waals surface area contributed by atoms with Crippen LogP contribution in [0, 0.1) is 0 Å². The standard InChI is InChI=1S/C15H23N3O2S/c16-14(11-12-1-3-13(19)4-2-12)15(20)17-5-6-18-7-9-21-10-8-18/h1-4,14,19H,5-11,16H2,(H,17,20)/t14-/m0/s1. The van der Waals surface area contributed by atoms with E-state index < -0.39 is 6.04 Å². The van der Waals surface area contributed by atoms with Crippen LogP contribution < -0.4 is 11.1 Å². The Hall–Kier alpha value is -1.24. The second-order valence-electron chi connectivity index (χ2n) is 5.22. The lowest BCUT2D eigenvalue weighted by molar-refractivity contribution is -0.122. The van der Waals surface area contributed by atoms with Crippen molar-refractivity contribution in [3.05, 3.63) is 29.8 Å². The Labute approximate surface area is 129 Å². The Morgan fingerprint density at radius 2 is 2.00 bits per heavy atom. The second kappa shape index (κ2) is 8.26. The van der Waals surface area contributed by atoms with Crippen molar-refractivity contribution in [1.29, 1.82) is 0 Å². The molecule has 0 aliphatic carbocycles. The van der Waals surface area contributed by atoms with Gasteiger partial charge in [-0.3, -0.25) is 9.69 Å². The normalized spacial score (nSPS) is 17.4. The fraction of sp³-hybridized carbons (Fsp3) is 0.533. The summed E-state index contributed by atoms with van der Waals surface area (Å²) < 4.78 is 0. The predicted molar refractivity (Wildman–Crippen MR) is 86.6 cm³/mol. The summed E-state index contributed by atoms with van der Waals surface area (Å²) in [7, 11) is 0. The summed E-state index contributed by atoms with van der Waals surface area (Å²) in [6.45, 7) is 3.73. The molecule has 4 N–H and O–H groups in total. The summed E-state index contributed by atoms with van der Waals surface area (Å²) in [6.07, 6.45) is 0.479. The molecule has 1 aliphatic heterocycles. The van der Waals surface area contributed by atoms with Crippen LogP contribution in [0.1, 0.15) is 5.56 Å². The number of hydrogen-bond donors (Lipinski definition) is 3. The van der Waals surface area contributed by atoms with Crippen LogP contribution in [0.2, 0.25) is 0 Å². The van der Waals surface area contributed by atoms with Crippen molar-refractivity contribution >= 4 is 17.7 Å². The molecular weight excluding hydrogens is 286 g/mol. The summed E-state index contributed by atoms with van der Waals surface area (Å²) in [5.74, 6) is 2.45. The minimum atomic E-state index is -0.550. The van der Waals surface area contributed by atoms with Crippen LogP contribution >= 0.6 is 11.8 Å². The van der Waals surface area contributed by atoms with Crippen molar-refractivity contribution < 1.29 is 9.90 Å². The molecule has 1 aromatic rings. The molecule has 6 heteroatoms. The van der Waals surface area contributed by atoms with E-state index in [0.29, 0.717) is 13.0 Å². The molecule has 0 aromatic heterocycles. The summed E-state index contributed by atoms with van der Waals surface area (Å²) >= 11 is 1.98. The van der Waals surface area contributed by atoms with Crippen molar-refractivity contribution in [2.45, 2.75) is 12.5 Å². The monoisotopic (exact) mass is 309 g/mol. The lowest BCUT2D eigenvalue weighted by atomic mass is 10.1. The highest BCUT2D eigenvalue weighted by Crippen LogP contribution is 2.11. The Morgan fingerprint density at radius 3 is 2.67 bits per heavy atom. The van der Waals surface area contributed by atoms with E-state index in [2.05, 4.69) is 10.2 Å². The van der Waals surface area contributed by atoms with E-state index in [1.807, 2.05) is 11.8 Å². The van der Waals surface area contributed by atoms with Gasteiger partial charge in [-0.2, -0.15) is 11.8 Å². The predicted octanol–water partition coefficient (Wildman–Crippen LogP) is 0.427.